The Bertz CT molecular complexity index is 246. The summed E-state index contributed by atoms with van der Waals surface area (Å²) in [6.07, 6.45) is 9.68. The van der Waals surface area contributed by atoms with Crippen molar-refractivity contribution in [2.45, 2.75) is 19.3 Å². The second kappa shape index (κ2) is 6.33. The van der Waals surface area contributed by atoms with Gasteiger partial charge in [0.15, 0.2) is 0 Å². The molecule has 1 aromatic heterocycles. The topological polar surface area (TPSA) is 25.2 Å². The largest absolute Gasteiger partial charge is 0.469 e. The van der Waals surface area contributed by atoms with E-state index in [9.17, 15) is 0 Å². The van der Waals surface area contributed by atoms with Crippen molar-refractivity contribution in [3.8, 4) is 12.3 Å². The van der Waals surface area contributed by atoms with Crippen molar-refractivity contribution in [2.24, 2.45) is 0 Å². The first kappa shape index (κ1) is 9.88. The molecular weight excluding hydrogens is 162 g/mol. The highest BCUT2D eigenvalue weighted by Crippen LogP contribution is 1.99. The highest BCUT2D eigenvalue weighted by Gasteiger charge is 1.93. The fourth-order valence-electron chi connectivity index (χ4n) is 1.11. The third-order valence-corrected chi connectivity index (χ3v) is 1.80. The van der Waals surface area contributed by atoms with E-state index >= 15 is 0 Å². The van der Waals surface area contributed by atoms with E-state index in [1.807, 2.05) is 12.1 Å². The number of hydrogen-bond acceptors (Lipinski definition) is 2. The van der Waals surface area contributed by atoms with Crippen LogP contribution < -0.4 is 5.32 Å². The van der Waals surface area contributed by atoms with Crippen LogP contribution in [0.15, 0.2) is 22.8 Å². The molecule has 0 atom stereocenters. The van der Waals surface area contributed by atoms with Gasteiger partial charge in [0.1, 0.15) is 5.76 Å². The molecule has 13 heavy (non-hydrogen) atoms. The zero-order valence-electron chi connectivity index (χ0n) is 7.75. The summed E-state index contributed by atoms with van der Waals surface area (Å²) in [6.45, 7) is 1.95. The van der Waals surface area contributed by atoms with Gasteiger partial charge in [-0.1, -0.05) is 0 Å². The monoisotopic (exact) mass is 177 g/mol. The number of unbranched alkanes of at least 4 members (excludes halogenated alkanes) is 1. The highest BCUT2D eigenvalue weighted by atomic mass is 16.3. The SMILES string of the molecule is C#CCCCNCCc1ccco1. The van der Waals surface area contributed by atoms with E-state index in [1.54, 1.807) is 6.26 Å². The first-order valence-corrected chi connectivity index (χ1v) is 4.60. The Morgan fingerprint density at radius 1 is 1.46 bits per heavy atom. The van der Waals surface area contributed by atoms with Crippen molar-refractivity contribution < 1.29 is 4.42 Å². The molecule has 0 spiro atoms. The average Bonchev–Trinajstić information content (AvgIpc) is 2.63. The van der Waals surface area contributed by atoms with E-state index in [-0.39, 0.29) is 0 Å². The highest BCUT2D eigenvalue weighted by molar-refractivity contribution is 4.98. The van der Waals surface area contributed by atoms with E-state index < -0.39 is 0 Å². The number of nitrogens with one attached hydrogen (secondary N) is 1. The third-order valence-electron chi connectivity index (χ3n) is 1.80. The Hall–Kier alpha value is -1.20. The number of furan rings is 1. The number of hydrogen-bond donors (Lipinski definition) is 1. The Morgan fingerprint density at radius 3 is 3.08 bits per heavy atom. The number of rotatable bonds is 6. The lowest BCUT2D eigenvalue weighted by Gasteiger charge is -2.00. The fraction of sp³-hybridized carbons (Fsp3) is 0.455. The molecule has 0 aromatic carbocycles. The molecular formula is C11H15NO. The Labute approximate surface area is 79.3 Å². The molecule has 0 radical (unpaired) electrons. The predicted molar refractivity (Wildman–Crippen MR) is 53.3 cm³/mol. The fourth-order valence-corrected chi connectivity index (χ4v) is 1.11. The van der Waals surface area contributed by atoms with Gasteiger partial charge < -0.3 is 9.73 Å². The van der Waals surface area contributed by atoms with Gasteiger partial charge in [-0.3, -0.25) is 0 Å². The molecule has 0 aliphatic heterocycles. The molecule has 0 aliphatic carbocycles. The van der Waals surface area contributed by atoms with Crippen LogP contribution in [-0.4, -0.2) is 13.1 Å². The smallest absolute Gasteiger partial charge is 0.105 e. The maximum atomic E-state index is 5.19. The summed E-state index contributed by atoms with van der Waals surface area (Å²) in [5, 5.41) is 3.30. The standard InChI is InChI=1S/C11H15NO/c1-2-3-4-8-12-9-7-11-6-5-10-13-11/h1,5-6,10,12H,3-4,7-9H2. The average molecular weight is 177 g/mol. The molecule has 2 heteroatoms. The lowest BCUT2D eigenvalue weighted by molar-refractivity contribution is 0.498. The summed E-state index contributed by atoms with van der Waals surface area (Å²) < 4.78 is 5.19. The lowest BCUT2D eigenvalue weighted by atomic mass is 10.3. The second-order valence-electron chi connectivity index (χ2n) is 2.89. The van der Waals surface area contributed by atoms with Crippen molar-refractivity contribution in [3.05, 3.63) is 24.2 Å². The summed E-state index contributed by atoms with van der Waals surface area (Å²) in [7, 11) is 0. The maximum absolute atomic E-state index is 5.19. The zero-order valence-corrected chi connectivity index (χ0v) is 7.75. The molecule has 1 rings (SSSR count). The minimum atomic E-state index is 0.855. The van der Waals surface area contributed by atoms with E-state index in [0.29, 0.717) is 0 Å². The van der Waals surface area contributed by atoms with Gasteiger partial charge in [0.2, 0.25) is 0 Å². The molecule has 0 aliphatic rings. The van der Waals surface area contributed by atoms with Gasteiger partial charge in [0.25, 0.3) is 0 Å². The lowest BCUT2D eigenvalue weighted by Crippen LogP contribution is -2.18. The molecule has 1 heterocycles. The molecule has 70 valence electrons. The van der Waals surface area contributed by atoms with Gasteiger partial charge in [-0.2, -0.15) is 0 Å². The second-order valence-corrected chi connectivity index (χ2v) is 2.89. The van der Waals surface area contributed by atoms with Crippen LogP contribution in [0, 0.1) is 12.3 Å². The van der Waals surface area contributed by atoms with Crippen LogP contribution in [0.3, 0.4) is 0 Å². The Balaban J connectivity index is 1.94. The van der Waals surface area contributed by atoms with Gasteiger partial charge in [0, 0.05) is 19.4 Å². The van der Waals surface area contributed by atoms with Gasteiger partial charge in [-0.25, -0.2) is 0 Å². The molecule has 1 aromatic rings. The van der Waals surface area contributed by atoms with Crippen LogP contribution >= 0.6 is 0 Å². The first-order chi connectivity index (χ1) is 6.43. The van der Waals surface area contributed by atoms with Crippen LogP contribution in [0.5, 0.6) is 0 Å². The van der Waals surface area contributed by atoms with E-state index in [4.69, 9.17) is 10.8 Å². The van der Waals surface area contributed by atoms with Crippen LogP contribution in [0.2, 0.25) is 0 Å². The summed E-state index contributed by atoms with van der Waals surface area (Å²) >= 11 is 0. The Morgan fingerprint density at radius 2 is 2.38 bits per heavy atom. The summed E-state index contributed by atoms with van der Waals surface area (Å²) in [5.74, 6) is 3.65. The van der Waals surface area contributed by atoms with Crippen molar-refractivity contribution >= 4 is 0 Å². The van der Waals surface area contributed by atoms with Crippen molar-refractivity contribution in [1.82, 2.24) is 5.32 Å². The van der Waals surface area contributed by atoms with E-state index in [2.05, 4.69) is 11.2 Å². The summed E-state index contributed by atoms with van der Waals surface area (Å²) in [5.41, 5.74) is 0. The molecule has 2 nitrogen and oxygen atoms in total. The Kier molecular flexibility index (Phi) is 4.81. The van der Waals surface area contributed by atoms with Gasteiger partial charge in [-0.15, -0.1) is 12.3 Å². The van der Waals surface area contributed by atoms with Gasteiger partial charge >= 0.3 is 0 Å². The van der Waals surface area contributed by atoms with Gasteiger partial charge in [0.05, 0.1) is 6.26 Å². The molecule has 1 N–H and O–H groups in total. The maximum Gasteiger partial charge on any atom is 0.105 e. The van der Waals surface area contributed by atoms with Crippen molar-refractivity contribution in [3.63, 3.8) is 0 Å². The van der Waals surface area contributed by atoms with Crippen LogP contribution in [0.25, 0.3) is 0 Å². The van der Waals surface area contributed by atoms with Crippen LogP contribution in [0.4, 0.5) is 0 Å². The minimum absolute atomic E-state index is 0.855. The summed E-state index contributed by atoms with van der Waals surface area (Å²) in [4.78, 5) is 0. The quantitative estimate of drug-likeness (QED) is 0.529. The molecule has 0 saturated carbocycles. The molecule has 0 amide bonds. The van der Waals surface area contributed by atoms with Crippen LogP contribution in [0.1, 0.15) is 18.6 Å². The first-order valence-electron chi connectivity index (χ1n) is 4.60. The van der Waals surface area contributed by atoms with Crippen LogP contribution in [-0.2, 0) is 6.42 Å². The van der Waals surface area contributed by atoms with Crippen molar-refractivity contribution in [1.29, 1.82) is 0 Å². The zero-order chi connectivity index (χ0) is 9.36. The minimum Gasteiger partial charge on any atom is -0.469 e. The number of terminal acetylenes is 1. The molecule has 0 bridgehead atoms. The molecule has 0 fully saturated rings. The molecule has 0 saturated heterocycles. The normalized spacial score (nSPS) is 9.77. The third kappa shape index (κ3) is 4.39. The van der Waals surface area contributed by atoms with E-state index in [1.165, 1.54) is 0 Å². The molecule has 0 unspecified atom stereocenters. The summed E-state index contributed by atoms with van der Waals surface area (Å²) in [6, 6.07) is 3.90. The van der Waals surface area contributed by atoms with Gasteiger partial charge in [-0.05, 0) is 25.1 Å². The van der Waals surface area contributed by atoms with E-state index in [0.717, 1.165) is 38.1 Å². The van der Waals surface area contributed by atoms with Crippen molar-refractivity contribution in [2.75, 3.05) is 13.1 Å². The predicted octanol–water partition coefficient (Wildman–Crippen LogP) is 1.83.